The fraction of sp³-hybridized carbons (Fsp3) is 0.519. The Bertz CT molecular complexity index is 992. The molecule has 2 aliphatic heterocycles. The van der Waals surface area contributed by atoms with Crippen molar-refractivity contribution in [2.75, 3.05) is 26.2 Å². The van der Waals surface area contributed by atoms with Gasteiger partial charge in [-0.05, 0) is 91.7 Å². The van der Waals surface area contributed by atoms with E-state index in [1.165, 1.54) is 67.4 Å². The van der Waals surface area contributed by atoms with Crippen LogP contribution in [0.5, 0.6) is 0 Å². The fourth-order valence-electron chi connectivity index (χ4n) is 5.32. The Balaban J connectivity index is 1.21. The van der Waals surface area contributed by atoms with Crippen LogP contribution in [0, 0.1) is 16.7 Å². The number of hydrazine groups is 1. The second-order valence-electron chi connectivity index (χ2n) is 11.0. The highest BCUT2D eigenvalue weighted by molar-refractivity contribution is 5.85. The first-order valence-electron chi connectivity index (χ1n) is 11.9. The second-order valence-corrected chi connectivity index (χ2v) is 11.0. The van der Waals surface area contributed by atoms with E-state index >= 15 is 0 Å². The third-order valence-corrected chi connectivity index (χ3v) is 7.60. The third kappa shape index (κ3) is 4.50. The van der Waals surface area contributed by atoms with Crippen molar-refractivity contribution in [1.29, 1.82) is 0 Å². The molecule has 0 bridgehead atoms. The average molecular weight is 417 g/mol. The lowest BCUT2D eigenvalue weighted by molar-refractivity contribution is 0.140. The van der Waals surface area contributed by atoms with Crippen molar-refractivity contribution in [2.24, 2.45) is 16.7 Å². The van der Waals surface area contributed by atoms with Crippen molar-refractivity contribution in [3.63, 3.8) is 0 Å². The largest absolute Gasteiger partial charge is 0.306 e. The molecule has 4 nitrogen and oxygen atoms in total. The number of nitrogens with one attached hydrogen (secondary N) is 1. The highest BCUT2D eigenvalue weighted by atomic mass is 15.5. The summed E-state index contributed by atoms with van der Waals surface area (Å²) >= 11 is 0. The zero-order valence-electron chi connectivity index (χ0n) is 19.3. The molecular weight excluding hydrogens is 380 g/mol. The van der Waals surface area contributed by atoms with Gasteiger partial charge in [0.15, 0.2) is 0 Å². The van der Waals surface area contributed by atoms with Crippen LogP contribution in [0.15, 0.2) is 55.0 Å². The van der Waals surface area contributed by atoms with Crippen LogP contribution in [0.2, 0.25) is 0 Å². The van der Waals surface area contributed by atoms with Gasteiger partial charge in [0, 0.05) is 36.1 Å². The van der Waals surface area contributed by atoms with E-state index in [-0.39, 0.29) is 0 Å². The summed E-state index contributed by atoms with van der Waals surface area (Å²) in [5, 5.41) is 4.80. The second kappa shape index (κ2) is 7.98. The van der Waals surface area contributed by atoms with E-state index < -0.39 is 0 Å². The number of benzene rings is 1. The molecule has 1 aromatic carbocycles. The molecule has 1 aromatic heterocycles. The topological polar surface area (TPSA) is 31.4 Å². The molecule has 1 aliphatic carbocycles. The predicted molar refractivity (Wildman–Crippen MR) is 129 cm³/mol. The van der Waals surface area contributed by atoms with Crippen LogP contribution in [-0.2, 0) is 0 Å². The summed E-state index contributed by atoms with van der Waals surface area (Å²) in [6, 6.07) is 8.78. The van der Waals surface area contributed by atoms with E-state index in [2.05, 4.69) is 83.7 Å². The maximum Gasteiger partial charge on any atom is 0.0644 e. The van der Waals surface area contributed by atoms with Gasteiger partial charge in [-0.3, -0.25) is 9.99 Å². The molecule has 2 aromatic rings. The van der Waals surface area contributed by atoms with Crippen LogP contribution in [0.1, 0.15) is 52.0 Å². The van der Waals surface area contributed by atoms with Crippen LogP contribution in [-0.4, -0.2) is 41.1 Å². The normalized spacial score (nSPS) is 23.1. The SMILES string of the molecule is CC(C)(C)CCN1CCC2(CC1)CC2CN1NC=CC=C1c1ccc2ccncc2c1. The van der Waals surface area contributed by atoms with Gasteiger partial charge in [0.05, 0.1) is 5.70 Å². The van der Waals surface area contributed by atoms with Gasteiger partial charge in [0.1, 0.15) is 0 Å². The summed E-state index contributed by atoms with van der Waals surface area (Å²) in [5.74, 6) is 0.793. The number of fused-ring (bicyclic) bond motifs is 1. The van der Waals surface area contributed by atoms with Crippen molar-refractivity contribution in [3.05, 3.63) is 60.6 Å². The fourth-order valence-corrected chi connectivity index (χ4v) is 5.32. The lowest BCUT2D eigenvalue weighted by Gasteiger charge is -2.36. The Morgan fingerprint density at radius 3 is 2.77 bits per heavy atom. The molecule has 4 heteroatoms. The van der Waals surface area contributed by atoms with Crippen molar-refractivity contribution in [2.45, 2.75) is 46.5 Å². The molecule has 164 valence electrons. The number of rotatable bonds is 5. The number of nitrogens with zero attached hydrogens (tertiary/aromatic N) is 3. The summed E-state index contributed by atoms with van der Waals surface area (Å²) < 4.78 is 0. The molecule has 1 saturated heterocycles. The monoisotopic (exact) mass is 416 g/mol. The molecule has 1 atom stereocenters. The molecule has 1 saturated carbocycles. The van der Waals surface area contributed by atoms with Crippen molar-refractivity contribution >= 4 is 16.5 Å². The van der Waals surface area contributed by atoms with Gasteiger partial charge in [-0.2, -0.15) is 0 Å². The quantitative estimate of drug-likeness (QED) is 0.702. The zero-order chi connectivity index (χ0) is 21.5. The zero-order valence-corrected chi connectivity index (χ0v) is 19.3. The summed E-state index contributed by atoms with van der Waals surface area (Å²) in [7, 11) is 0. The Morgan fingerprint density at radius 1 is 1.13 bits per heavy atom. The molecule has 0 radical (unpaired) electrons. The number of hydrogen-bond acceptors (Lipinski definition) is 4. The lowest BCUT2D eigenvalue weighted by Crippen LogP contribution is -2.39. The van der Waals surface area contributed by atoms with E-state index in [9.17, 15) is 0 Å². The standard InChI is InChI=1S/C27H36N4/c1-26(2,3)9-14-30-15-10-27(11-16-30)18-24(27)20-31-25(5-4-12-29-31)22-7-6-21-8-13-28-19-23(21)17-22/h4-8,12-13,17,19,24,29H,9-11,14-16,18,20H2,1-3H3. The first kappa shape index (κ1) is 20.6. The number of pyridine rings is 1. The molecule has 0 amide bonds. The first-order valence-corrected chi connectivity index (χ1v) is 11.9. The smallest absolute Gasteiger partial charge is 0.0644 e. The van der Waals surface area contributed by atoms with Crippen LogP contribution in [0.3, 0.4) is 0 Å². The van der Waals surface area contributed by atoms with Crippen molar-refractivity contribution in [3.8, 4) is 0 Å². The van der Waals surface area contributed by atoms with Gasteiger partial charge in [0.25, 0.3) is 0 Å². The number of piperidine rings is 1. The molecule has 3 heterocycles. The molecule has 2 fully saturated rings. The summed E-state index contributed by atoms with van der Waals surface area (Å²) in [5.41, 5.74) is 7.05. The number of hydrogen-bond donors (Lipinski definition) is 1. The number of aromatic nitrogens is 1. The van der Waals surface area contributed by atoms with Gasteiger partial charge >= 0.3 is 0 Å². The minimum Gasteiger partial charge on any atom is -0.306 e. The van der Waals surface area contributed by atoms with Gasteiger partial charge in [-0.25, -0.2) is 0 Å². The van der Waals surface area contributed by atoms with Crippen molar-refractivity contribution in [1.82, 2.24) is 20.3 Å². The van der Waals surface area contributed by atoms with Gasteiger partial charge in [-0.1, -0.05) is 32.9 Å². The van der Waals surface area contributed by atoms with E-state index in [1.54, 1.807) is 0 Å². The first-order chi connectivity index (χ1) is 14.9. The van der Waals surface area contributed by atoms with E-state index in [0.717, 1.165) is 12.5 Å². The molecule has 1 spiro atoms. The van der Waals surface area contributed by atoms with Crippen LogP contribution in [0.25, 0.3) is 16.5 Å². The van der Waals surface area contributed by atoms with Gasteiger partial charge in [0.2, 0.25) is 0 Å². The Hall–Kier alpha value is -2.33. The highest BCUT2D eigenvalue weighted by Gasteiger charge is 2.55. The maximum atomic E-state index is 4.30. The number of likely N-dealkylation sites (tertiary alicyclic amines) is 1. The molecule has 1 N–H and O–H groups in total. The molecule has 31 heavy (non-hydrogen) atoms. The van der Waals surface area contributed by atoms with Crippen LogP contribution >= 0.6 is 0 Å². The maximum absolute atomic E-state index is 4.30. The van der Waals surface area contributed by atoms with Crippen LogP contribution in [0.4, 0.5) is 0 Å². The third-order valence-electron chi connectivity index (χ3n) is 7.60. The Labute approximate surface area is 187 Å². The minimum absolute atomic E-state index is 0.437. The van der Waals surface area contributed by atoms with E-state index in [4.69, 9.17) is 0 Å². The summed E-state index contributed by atoms with van der Waals surface area (Å²) in [6.07, 6.45) is 15.6. The van der Waals surface area contributed by atoms with E-state index in [1.807, 2.05) is 12.4 Å². The Kier molecular flexibility index (Phi) is 5.29. The minimum atomic E-state index is 0.437. The summed E-state index contributed by atoms with van der Waals surface area (Å²) in [4.78, 5) is 7.00. The molecule has 3 aliphatic rings. The van der Waals surface area contributed by atoms with Crippen LogP contribution < -0.4 is 5.43 Å². The number of allylic oxidation sites excluding steroid dienone is 2. The average Bonchev–Trinajstić information content (AvgIpc) is 3.43. The Morgan fingerprint density at radius 2 is 1.97 bits per heavy atom. The van der Waals surface area contributed by atoms with E-state index in [0.29, 0.717) is 10.8 Å². The van der Waals surface area contributed by atoms with Crippen molar-refractivity contribution < 1.29 is 0 Å². The highest BCUT2D eigenvalue weighted by Crippen LogP contribution is 2.59. The molecule has 5 rings (SSSR count). The summed E-state index contributed by atoms with van der Waals surface area (Å²) in [6.45, 7) is 12.0. The molecular formula is C27H36N4. The predicted octanol–water partition coefficient (Wildman–Crippen LogP) is 5.45. The van der Waals surface area contributed by atoms with Gasteiger partial charge < -0.3 is 10.3 Å². The van der Waals surface area contributed by atoms with Gasteiger partial charge in [-0.15, -0.1) is 0 Å². The molecule has 1 unspecified atom stereocenters. The lowest BCUT2D eigenvalue weighted by atomic mass is 9.88.